The van der Waals surface area contributed by atoms with Crippen LogP contribution in [0.2, 0.25) is 0 Å². The van der Waals surface area contributed by atoms with E-state index in [1.807, 2.05) is 36.4 Å². The molecule has 0 bridgehead atoms. The topological polar surface area (TPSA) is 61.8 Å². The fourth-order valence-corrected chi connectivity index (χ4v) is 2.42. The van der Waals surface area contributed by atoms with Gasteiger partial charge in [0.1, 0.15) is 12.2 Å². The first kappa shape index (κ1) is 16.5. The number of rotatable bonds is 5. The minimum Gasteiger partial charge on any atom is -0.485 e. The second-order valence-corrected chi connectivity index (χ2v) is 5.27. The van der Waals surface area contributed by atoms with Crippen molar-refractivity contribution in [2.75, 3.05) is 7.11 Å². The first-order chi connectivity index (χ1) is 12.2. The van der Waals surface area contributed by atoms with Gasteiger partial charge in [-0.2, -0.15) is 0 Å². The van der Waals surface area contributed by atoms with Gasteiger partial charge in [-0.25, -0.2) is 9.59 Å². The molecule has 2 aromatic rings. The SMILES string of the molecule is COC(=O)/C(=C1/OC(=O)C=C1OCc1ccccc1)c1ccccc1. The number of cyclic esters (lactones) is 1. The van der Waals surface area contributed by atoms with Gasteiger partial charge in [-0.1, -0.05) is 60.7 Å². The van der Waals surface area contributed by atoms with Gasteiger partial charge in [0.15, 0.2) is 11.5 Å². The highest BCUT2D eigenvalue weighted by atomic mass is 16.6. The van der Waals surface area contributed by atoms with Crippen molar-refractivity contribution >= 4 is 17.5 Å². The maximum Gasteiger partial charge on any atom is 0.342 e. The first-order valence-corrected chi connectivity index (χ1v) is 7.67. The Morgan fingerprint density at radius 2 is 1.64 bits per heavy atom. The van der Waals surface area contributed by atoms with Gasteiger partial charge in [0.05, 0.1) is 13.2 Å². The van der Waals surface area contributed by atoms with E-state index in [1.54, 1.807) is 24.3 Å². The molecule has 0 aromatic heterocycles. The lowest BCUT2D eigenvalue weighted by Gasteiger charge is -2.12. The molecule has 1 heterocycles. The highest BCUT2D eigenvalue weighted by molar-refractivity contribution is 6.18. The van der Waals surface area contributed by atoms with Gasteiger partial charge in [0.25, 0.3) is 0 Å². The van der Waals surface area contributed by atoms with Gasteiger partial charge in [-0.05, 0) is 11.1 Å². The van der Waals surface area contributed by atoms with Gasteiger partial charge in [-0.3, -0.25) is 0 Å². The van der Waals surface area contributed by atoms with E-state index in [9.17, 15) is 9.59 Å². The van der Waals surface area contributed by atoms with Crippen LogP contribution in [0.15, 0.2) is 78.3 Å². The summed E-state index contributed by atoms with van der Waals surface area (Å²) in [6.07, 6.45) is 1.23. The largest absolute Gasteiger partial charge is 0.485 e. The lowest BCUT2D eigenvalue weighted by atomic mass is 10.0. The summed E-state index contributed by atoms with van der Waals surface area (Å²) in [5, 5.41) is 0. The molecule has 0 saturated heterocycles. The molecule has 2 aromatic carbocycles. The molecule has 0 atom stereocenters. The number of carbonyl (C=O) groups is 2. The van der Waals surface area contributed by atoms with E-state index in [-0.39, 0.29) is 23.7 Å². The third kappa shape index (κ3) is 3.77. The molecule has 0 aliphatic carbocycles. The van der Waals surface area contributed by atoms with Gasteiger partial charge >= 0.3 is 11.9 Å². The normalized spacial score (nSPS) is 15.2. The summed E-state index contributed by atoms with van der Waals surface area (Å²) in [5.41, 5.74) is 1.66. The predicted octanol–water partition coefficient (Wildman–Crippen LogP) is 3.23. The number of esters is 2. The van der Waals surface area contributed by atoms with Gasteiger partial charge in [0, 0.05) is 0 Å². The molecule has 0 amide bonds. The quantitative estimate of drug-likeness (QED) is 0.620. The summed E-state index contributed by atoms with van der Waals surface area (Å²) in [6.45, 7) is 0.246. The van der Waals surface area contributed by atoms with Crippen LogP contribution in [-0.2, 0) is 30.4 Å². The Morgan fingerprint density at radius 3 is 2.28 bits per heavy atom. The minimum absolute atomic E-state index is 0.0685. The van der Waals surface area contributed by atoms with Crippen LogP contribution in [-0.4, -0.2) is 19.0 Å². The minimum atomic E-state index is -0.606. The van der Waals surface area contributed by atoms with Crippen molar-refractivity contribution in [2.45, 2.75) is 6.61 Å². The Kier molecular flexibility index (Phi) is 4.95. The van der Waals surface area contributed by atoms with Crippen molar-refractivity contribution in [1.82, 2.24) is 0 Å². The van der Waals surface area contributed by atoms with Crippen LogP contribution in [0.1, 0.15) is 11.1 Å². The van der Waals surface area contributed by atoms with E-state index in [2.05, 4.69) is 0 Å². The number of hydrogen-bond donors (Lipinski definition) is 0. The molecule has 1 aliphatic heterocycles. The van der Waals surface area contributed by atoms with Gasteiger partial charge < -0.3 is 14.2 Å². The van der Waals surface area contributed by atoms with E-state index in [1.165, 1.54) is 13.2 Å². The van der Waals surface area contributed by atoms with E-state index in [0.717, 1.165) is 5.56 Å². The molecule has 0 radical (unpaired) electrons. The molecule has 3 rings (SSSR count). The highest BCUT2D eigenvalue weighted by Gasteiger charge is 2.30. The Bertz CT molecular complexity index is 835. The van der Waals surface area contributed by atoms with E-state index in [4.69, 9.17) is 14.2 Å². The van der Waals surface area contributed by atoms with Crippen LogP contribution in [0.25, 0.3) is 5.57 Å². The molecule has 5 nitrogen and oxygen atoms in total. The third-order valence-electron chi connectivity index (χ3n) is 3.59. The summed E-state index contributed by atoms with van der Waals surface area (Å²) in [4.78, 5) is 24.0. The van der Waals surface area contributed by atoms with Crippen LogP contribution in [0.5, 0.6) is 0 Å². The molecule has 0 fully saturated rings. The number of carbonyl (C=O) groups excluding carboxylic acids is 2. The van der Waals surface area contributed by atoms with E-state index < -0.39 is 11.9 Å². The van der Waals surface area contributed by atoms with Crippen LogP contribution in [0.4, 0.5) is 0 Å². The molecular formula is C20H16O5. The summed E-state index contributed by atoms with van der Waals surface area (Å²) >= 11 is 0. The molecule has 1 aliphatic rings. The Balaban J connectivity index is 1.96. The number of methoxy groups -OCH3 is 1. The van der Waals surface area contributed by atoms with Gasteiger partial charge in [0.2, 0.25) is 0 Å². The molecule has 0 N–H and O–H groups in total. The molecule has 0 spiro atoms. The monoisotopic (exact) mass is 336 g/mol. The smallest absolute Gasteiger partial charge is 0.342 e. The maximum atomic E-state index is 12.3. The standard InChI is InChI=1S/C20H16O5/c1-23-20(22)18(15-10-6-3-7-11-15)19-16(12-17(21)25-19)24-13-14-8-4-2-5-9-14/h2-12H,13H2,1H3/b19-18+. The van der Waals surface area contributed by atoms with Crippen LogP contribution in [0, 0.1) is 0 Å². The van der Waals surface area contributed by atoms with Crippen molar-refractivity contribution in [2.24, 2.45) is 0 Å². The zero-order valence-electron chi connectivity index (χ0n) is 13.6. The molecule has 126 valence electrons. The number of ether oxygens (including phenoxy) is 3. The molecular weight excluding hydrogens is 320 g/mol. The van der Waals surface area contributed by atoms with Crippen molar-refractivity contribution in [3.05, 3.63) is 89.4 Å². The third-order valence-corrected chi connectivity index (χ3v) is 3.59. The molecule has 0 saturated carbocycles. The Morgan fingerprint density at radius 1 is 1.00 bits per heavy atom. The summed E-state index contributed by atoms with van der Waals surface area (Å²) in [5.74, 6) is -0.919. The number of hydrogen-bond acceptors (Lipinski definition) is 5. The predicted molar refractivity (Wildman–Crippen MR) is 90.8 cm³/mol. The average molecular weight is 336 g/mol. The Labute approximate surface area is 145 Å². The molecule has 5 heteroatoms. The van der Waals surface area contributed by atoms with E-state index in [0.29, 0.717) is 5.56 Å². The maximum absolute atomic E-state index is 12.3. The summed E-state index contributed by atoms with van der Waals surface area (Å²) in [6, 6.07) is 18.4. The Hall–Kier alpha value is -3.34. The highest BCUT2D eigenvalue weighted by Crippen LogP contribution is 2.31. The van der Waals surface area contributed by atoms with Crippen molar-refractivity contribution in [3.8, 4) is 0 Å². The molecule has 25 heavy (non-hydrogen) atoms. The van der Waals surface area contributed by atoms with Crippen molar-refractivity contribution in [3.63, 3.8) is 0 Å². The summed E-state index contributed by atoms with van der Waals surface area (Å²) in [7, 11) is 1.27. The average Bonchev–Trinajstić information content (AvgIpc) is 3.02. The lowest BCUT2D eigenvalue weighted by molar-refractivity contribution is -0.134. The summed E-state index contributed by atoms with van der Waals surface area (Å²) < 4.78 is 15.8. The van der Waals surface area contributed by atoms with E-state index >= 15 is 0 Å². The zero-order chi connectivity index (χ0) is 17.6. The van der Waals surface area contributed by atoms with Crippen molar-refractivity contribution < 1.29 is 23.8 Å². The fourth-order valence-electron chi connectivity index (χ4n) is 2.42. The van der Waals surface area contributed by atoms with Gasteiger partial charge in [-0.15, -0.1) is 0 Å². The molecule has 0 unspecified atom stereocenters. The first-order valence-electron chi connectivity index (χ1n) is 7.67. The zero-order valence-corrected chi connectivity index (χ0v) is 13.6. The lowest BCUT2D eigenvalue weighted by Crippen LogP contribution is -2.10. The number of benzene rings is 2. The second kappa shape index (κ2) is 7.49. The van der Waals surface area contributed by atoms with Crippen LogP contribution in [0.3, 0.4) is 0 Å². The second-order valence-electron chi connectivity index (χ2n) is 5.27. The van der Waals surface area contributed by atoms with Crippen LogP contribution >= 0.6 is 0 Å². The fraction of sp³-hybridized carbons (Fsp3) is 0.100. The van der Waals surface area contributed by atoms with Crippen molar-refractivity contribution in [1.29, 1.82) is 0 Å². The van der Waals surface area contributed by atoms with Crippen LogP contribution < -0.4 is 0 Å².